The quantitative estimate of drug-likeness (QED) is 0.704. The first-order chi connectivity index (χ1) is 10.6. The molecule has 0 heterocycles. The van der Waals surface area contributed by atoms with Crippen molar-refractivity contribution in [2.24, 2.45) is 0 Å². The Morgan fingerprint density at radius 2 is 1.50 bits per heavy atom. The summed E-state index contributed by atoms with van der Waals surface area (Å²) in [5.41, 5.74) is 3.16. The van der Waals surface area contributed by atoms with Crippen LogP contribution in [0.4, 0.5) is 0 Å². The molecule has 0 aliphatic rings. The van der Waals surface area contributed by atoms with Crippen molar-refractivity contribution < 1.29 is 14.2 Å². The van der Waals surface area contributed by atoms with Crippen LogP contribution in [0.15, 0.2) is 34.8 Å². The van der Waals surface area contributed by atoms with Gasteiger partial charge in [0.15, 0.2) is 0 Å². The molecule has 0 radical (unpaired) electrons. The van der Waals surface area contributed by atoms with Crippen LogP contribution in [0, 0.1) is 6.92 Å². The van der Waals surface area contributed by atoms with Gasteiger partial charge in [-0.2, -0.15) is 0 Å². The molecule has 2 rings (SSSR count). The molecule has 0 bridgehead atoms. The third-order valence-corrected chi connectivity index (χ3v) is 4.46. The molecule has 0 atom stereocenters. The van der Waals surface area contributed by atoms with Crippen molar-refractivity contribution in [2.75, 3.05) is 21.3 Å². The molecule has 3 nitrogen and oxygen atoms in total. The molecule has 0 aliphatic carbocycles. The van der Waals surface area contributed by atoms with Gasteiger partial charge < -0.3 is 14.2 Å². The summed E-state index contributed by atoms with van der Waals surface area (Å²) in [6.07, 6.45) is 4.04. The molecule has 0 aliphatic heterocycles. The van der Waals surface area contributed by atoms with Gasteiger partial charge in [-0.05, 0) is 58.2 Å². The lowest BCUT2D eigenvalue weighted by molar-refractivity contribution is 0.394. The van der Waals surface area contributed by atoms with Crippen LogP contribution in [-0.4, -0.2) is 21.3 Å². The van der Waals surface area contributed by atoms with E-state index in [9.17, 15) is 0 Å². The SMILES string of the molecule is COc1cc(C)c(Br)c(/C=C/c2ccc(OC)cc2OC)c1. The standard InChI is InChI=1S/C18H19BrO3/c1-12-9-16(21-3)10-14(18(12)19)6-5-13-7-8-15(20-2)11-17(13)22-4/h5-11H,1-4H3/b6-5+. The minimum atomic E-state index is 0.770. The minimum Gasteiger partial charge on any atom is -0.497 e. The summed E-state index contributed by atoms with van der Waals surface area (Å²) in [6, 6.07) is 9.73. The van der Waals surface area contributed by atoms with Crippen molar-refractivity contribution in [1.82, 2.24) is 0 Å². The summed E-state index contributed by atoms with van der Waals surface area (Å²) in [7, 11) is 4.96. The molecule has 116 valence electrons. The van der Waals surface area contributed by atoms with E-state index in [-0.39, 0.29) is 0 Å². The Morgan fingerprint density at radius 3 is 2.14 bits per heavy atom. The van der Waals surface area contributed by atoms with Gasteiger partial charge >= 0.3 is 0 Å². The second-order valence-corrected chi connectivity index (χ2v) is 5.58. The van der Waals surface area contributed by atoms with Gasteiger partial charge in [-0.3, -0.25) is 0 Å². The lowest BCUT2D eigenvalue weighted by Gasteiger charge is -2.09. The molecule has 0 fully saturated rings. The third kappa shape index (κ3) is 3.63. The predicted octanol–water partition coefficient (Wildman–Crippen LogP) is 4.95. The zero-order valence-corrected chi connectivity index (χ0v) is 14.7. The van der Waals surface area contributed by atoms with Gasteiger partial charge in [0.25, 0.3) is 0 Å². The molecular weight excluding hydrogens is 344 g/mol. The summed E-state index contributed by atoms with van der Waals surface area (Å²) in [4.78, 5) is 0. The number of hydrogen-bond donors (Lipinski definition) is 0. The van der Waals surface area contributed by atoms with Crippen LogP contribution in [0.25, 0.3) is 12.2 Å². The normalized spacial score (nSPS) is 10.8. The van der Waals surface area contributed by atoms with Crippen LogP contribution in [-0.2, 0) is 0 Å². The van der Waals surface area contributed by atoms with E-state index in [1.165, 1.54) is 0 Å². The number of aryl methyl sites for hydroxylation is 1. The van der Waals surface area contributed by atoms with Crippen LogP contribution in [0.5, 0.6) is 17.2 Å². The summed E-state index contributed by atoms with van der Waals surface area (Å²) in [6.45, 7) is 2.04. The van der Waals surface area contributed by atoms with E-state index in [0.717, 1.165) is 38.4 Å². The number of rotatable bonds is 5. The van der Waals surface area contributed by atoms with E-state index in [1.54, 1.807) is 21.3 Å². The summed E-state index contributed by atoms with van der Waals surface area (Å²) >= 11 is 3.62. The average molecular weight is 363 g/mol. The van der Waals surface area contributed by atoms with Crippen LogP contribution in [0.2, 0.25) is 0 Å². The van der Waals surface area contributed by atoms with E-state index in [4.69, 9.17) is 14.2 Å². The Bertz CT molecular complexity index is 693. The van der Waals surface area contributed by atoms with Gasteiger partial charge in [0.1, 0.15) is 17.2 Å². The summed E-state index contributed by atoms with van der Waals surface area (Å²) in [5, 5.41) is 0. The lowest BCUT2D eigenvalue weighted by atomic mass is 10.1. The average Bonchev–Trinajstić information content (AvgIpc) is 2.55. The molecule has 0 aromatic heterocycles. The van der Waals surface area contributed by atoms with Gasteiger partial charge in [-0.15, -0.1) is 0 Å². The van der Waals surface area contributed by atoms with Crippen molar-refractivity contribution in [3.8, 4) is 17.2 Å². The number of benzene rings is 2. The van der Waals surface area contributed by atoms with Gasteiger partial charge in [-0.1, -0.05) is 12.2 Å². The first kappa shape index (κ1) is 16.4. The van der Waals surface area contributed by atoms with E-state index >= 15 is 0 Å². The van der Waals surface area contributed by atoms with Crippen LogP contribution < -0.4 is 14.2 Å². The molecule has 4 heteroatoms. The Labute approximate surface area is 139 Å². The monoisotopic (exact) mass is 362 g/mol. The Hall–Kier alpha value is -1.94. The fraction of sp³-hybridized carbons (Fsp3) is 0.222. The van der Waals surface area contributed by atoms with Crippen molar-refractivity contribution in [1.29, 1.82) is 0 Å². The lowest BCUT2D eigenvalue weighted by Crippen LogP contribution is -1.90. The molecule has 0 unspecified atom stereocenters. The van der Waals surface area contributed by atoms with E-state index in [2.05, 4.69) is 15.9 Å². The smallest absolute Gasteiger partial charge is 0.129 e. The molecule has 0 saturated carbocycles. The molecule has 0 saturated heterocycles. The van der Waals surface area contributed by atoms with E-state index in [1.807, 2.05) is 49.4 Å². The largest absolute Gasteiger partial charge is 0.497 e. The Kier molecular flexibility index (Phi) is 5.50. The molecular formula is C18H19BrO3. The van der Waals surface area contributed by atoms with Gasteiger partial charge in [0.05, 0.1) is 21.3 Å². The van der Waals surface area contributed by atoms with Crippen molar-refractivity contribution in [3.05, 3.63) is 51.5 Å². The second-order valence-electron chi connectivity index (χ2n) is 4.79. The van der Waals surface area contributed by atoms with Gasteiger partial charge in [-0.25, -0.2) is 0 Å². The number of methoxy groups -OCH3 is 3. The zero-order valence-electron chi connectivity index (χ0n) is 13.1. The summed E-state index contributed by atoms with van der Waals surface area (Å²) < 4.78 is 17.0. The molecule has 0 spiro atoms. The van der Waals surface area contributed by atoms with Crippen LogP contribution in [0.3, 0.4) is 0 Å². The molecule has 22 heavy (non-hydrogen) atoms. The maximum atomic E-state index is 5.41. The number of ether oxygens (including phenoxy) is 3. The first-order valence-electron chi connectivity index (χ1n) is 6.83. The predicted molar refractivity (Wildman–Crippen MR) is 93.9 cm³/mol. The highest BCUT2D eigenvalue weighted by Gasteiger charge is 2.05. The van der Waals surface area contributed by atoms with Crippen molar-refractivity contribution in [2.45, 2.75) is 6.92 Å². The van der Waals surface area contributed by atoms with Gasteiger partial charge in [0.2, 0.25) is 0 Å². The zero-order chi connectivity index (χ0) is 16.1. The fourth-order valence-electron chi connectivity index (χ4n) is 2.14. The highest BCUT2D eigenvalue weighted by Crippen LogP contribution is 2.30. The maximum absolute atomic E-state index is 5.41. The van der Waals surface area contributed by atoms with Crippen LogP contribution >= 0.6 is 15.9 Å². The van der Waals surface area contributed by atoms with Crippen molar-refractivity contribution >= 4 is 28.1 Å². The molecule has 0 N–H and O–H groups in total. The maximum Gasteiger partial charge on any atom is 0.129 e. The fourth-order valence-corrected chi connectivity index (χ4v) is 2.50. The van der Waals surface area contributed by atoms with Crippen molar-refractivity contribution in [3.63, 3.8) is 0 Å². The highest BCUT2D eigenvalue weighted by atomic mass is 79.9. The number of halogens is 1. The molecule has 2 aromatic rings. The van der Waals surface area contributed by atoms with E-state index < -0.39 is 0 Å². The Balaban J connectivity index is 2.38. The minimum absolute atomic E-state index is 0.770. The van der Waals surface area contributed by atoms with Gasteiger partial charge in [0, 0.05) is 16.1 Å². The third-order valence-electron chi connectivity index (χ3n) is 3.37. The molecule has 2 aromatic carbocycles. The molecule has 0 amide bonds. The Morgan fingerprint density at radius 1 is 0.818 bits per heavy atom. The summed E-state index contributed by atoms with van der Waals surface area (Å²) in [5.74, 6) is 2.38. The second kappa shape index (κ2) is 7.36. The topological polar surface area (TPSA) is 27.7 Å². The first-order valence-corrected chi connectivity index (χ1v) is 7.62. The highest BCUT2D eigenvalue weighted by molar-refractivity contribution is 9.10. The van der Waals surface area contributed by atoms with Crippen LogP contribution in [0.1, 0.15) is 16.7 Å². The number of hydrogen-bond acceptors (Lipinski definition) is 3. The van der Waals surface area contributed by atoms with E-state index in [0.29, 0.717) is 0 Å².